The normalized spacial score (nSPS) is 16.5. The highest BCUT2D eigenvalue weighted by Gasteiger charge is 2.36. The van der Waals surface area contributed by atoms with Crippen molar-refractivity contribution in [1.82, 2.24) is 26.3 Å². The lowest BCUT2D eigenvalue weighted by atomic mass is 9.94. The molecule has 0 bridgehead atoms. The molecule has 5 N–H and O–H groups in total. The van der Waals surface area contributed by atoms with Crippen molar-refractivity contribution in [3.63, 3.8) is 0 Å². The number of nitrogens with one attached hydrogen (secondary N) is 5. The Kier molecular flexibility index (Phi) is 8.85. The van der Waals surface area contributed by atoms with Gasteiger partial charge in [-0.1, -0.05) is 30.3 Å². The van der Waals surface area contributed by atoms with Gasteiger partial charge in [-0.25, -0.2) is 4.39 Å². The summed E-state index contributed by atoms with van der Waals surface area (Å²) in [5.41, 5.74) is 0.718. The van der Waals surface area contributed by atoms with Crippen molar-refractivity contribution < 1.29 is 28.4 Å². The van der Waals surface area contributed by atoms with E-state index < -0.39 is 52.9 Å². The van der Waals surface area contributed by atoms with Crippen LogP contribution < -0.4 is 21.3 Å². The Morgan fingerprint density at radius 2 is 1.73 bits per heavy atom. The number of rotatable bonds is 10. The number of aromatic nitrogens is 1. The molecule has 4 amide bonds. The first-order chi connectivity index (χ1) is 19.4. The Balaban J connectivity index is 1.58. The van der Waals surface area contributed by atoms with Crippen LogP contribution in [-0.2, 0) is 25.6 Å². The highest BCUT2D eigenvalue weighted by Crippen LogP contribution is 2.19. The summed E-state index contributed by atoms with van der Waals surface area (Å²) in [6, 6.07) is 12.1. The molecule has 0 aliphatic carbocycles. The Labute approximate surface area is 236 Å². The van der Waals surface area contributed by atoms with Gasteiger partial charge in [0.2, 0.25) is 17.6 Å². The van der Waals surface area contributed by atoms with Crippen molar-refractivity contribution in [1.29, 1.82) is 0 Å². The molecular weight excluding hydrogens is 529 g/mol. The Bertz CT molecular complexity index is 1460. The number of benzene rings is 2. The van der Waals surface area contributed by atoms with E-state index in [0.29, 0.717) is 23.9 Å². The topological polar surface area (TPSA) is 149 Å². The van der Waals surface area contributed by atoms with Gasteiger partial charge >= 0.3 is 0 Å². The minimum Gasteiger partial charge on any atom is -0.356 e. The minimum atomic E-state index is -1.29. The van der Waals surface area contributed by atoms with Crippen molar-refractivity contribution in [2.24, 2.45) is 5.92 Å². The summed E-state index contributed by atoms with van der Waals surface area (Å²) in [7, 11) is 0. The molecule has 1 aliphatic heterocycles. The van der Waals surface area contributed by atoms with E-state index in [2.05, 4.69) is 26.3 Å². The summed E-state index contributed by atoms with van der Waals surface area (Å²) in [6.07, 6.45) is 0.490. The van der Waals surface area contributed by atoms with Gasteiger partial charge in [0.1, 0.15) is 17.6 Å². The molecule has 1 aromatic heterocycles. The molecule has 11 heteroatoms. The standard InChI is InChI=1S/C30H34FN5O5/c1-30(2,3)36-29(41)25(37)22(15-18-11-12-32-26(18)38)34-27(39)23(13-17-7-5-4-6-8-17)35-28(40)24-16-19-14-20(31)9-10-21(19)33-24/h4-10,14,16,18,22-23,33H,11-13,15H2,1-3H3,(H,32,38)(H,34,39)(H,35,40)(H,36,41)/t18-,22-,23-/m0/s1. The molecule has 1 saturated heterocycles. The molecule has 3 aromatic rings. The number of aromatic amines is 1. The third-order valence-electron chi connectivity index (χ3n) is 6.76. The highest BCUT2D eigenvalue weighted by atomic mass is 19.1. The van der Waals surface area contributed by atoms with Gasteiger partial charge in [0.05, 0.1) is 6.04 Å². The molecule has 4 rings (SSSR count). The van der Waals surface area contributed by atoms with Crippen LogP contribution in [0.15, 0.2) is 54.6 Å². The van der Waals surface area contributed by atoms with E-state index in [-0.39, 0.29) is 24.4 Å². The largest absolute Gasteiger partial charge is 0.356 e. The maximum absolute atomic E-state index is 13.7. The molecule has 0 unspecified atom stereocenters. The summed E-state index contributed by atoms with van der Waals surface area (Å²) in [5.74, 6) is -4.32. The number of fused-ring (bicyclic) bond motifs is 1. The maximum atomic E-state index is 13.7. The molecule has 0 spiro atoms. The zero-order chi connectivity index (χ0) is 29.7. The van der Waals surface area contributed by atoms with Crippen LogP contribution in [0.2, 0.25) is 0 Å². The third kappa shape index (κ3) is 7.77. The molecule has 2 heterocycles. The van der Waals surface area contributed by atoms with E-state index in [4.69, 9.17) is 0 Å². The minimum absolute atomic E-state index is 0.0619. The molecule has 10 nitrogen and oxygen atoms in total. The first kappa shape index (κ1) is 29.4. The van der Waals surface area contributed by atoms with E-state index >= 15 is 0 Å². The monoisotopic (exact) mass is 563 g/mol. The van der Waals surface area contributed by atoms with Crippen LogP contribution in [0.4, 0.5) is 4.39 Å². The van der Waals surface area contributed by atoms with Gasteiger partial charge in [-0.3, -0.25) is 24.0 Å². The fourth-order valence-corrected chi connectivity index (χ4v) is 4.74. The predicted molar refractivity (Wildman–Crippen MR) is 150 cm³/mol. The summed E-state index contributed by atoms with van der Waals surface area (Å²) < 4.78 is 13.7. The van der Waals surface area contributed by atoms with Gasteiger partial charge in [-0.15, -0.1) is 0 Å². The van der Waals surface area contributed by atoms with Crippen LogP contribution in [0, 0.1) is 11.7 Å². The van der Waals surface area contributed by atoms with Crippen LogP contribution in [0.1, 0.15) is 49.7 Å². The number of ketones is 1. The molecule has 3 atom stereocenters. The molecule has 41 heavy (non-hydrogen) atoms. The number of hydrogen-bond acceptors (Lipinski definition) is 5. The average molecular weight is 564 g/mol. The van der Waals surface area contributed by atoms with Gasteiger partial charge < -0.3 is 26.3 Å². The second kappa shape index (κ2) is 12.3. The fraction of sp³-hybridized carbons (Fsp3) is 0.367. The number of hydrogen-bond donors (Lipinski definition) is 5. The molecule has 2 aromatic carbocycles. The van der Waals surface area contributed by atoms with Crippen LogP contribution in [0.5, 0.6) is 0 Å². The third-order valence-corrected chi connectivity index (χ3v) is 6.76. The Morgan fingerprint density at radius 3 is 2.39 bits per heavy atom. The van der Waals surface area contributed by atoms with Crippen molar-refractivity contribution in [3.8, 4) is 0 Å². The number of Topliss-reactive ketones (excluding diaryl/α,β-unsaturated/α-hetero) is 1. The molecule has 216 valence electrons. The summed E-state index contributed by atoms with van der Waals surface area (Å²) in [6.45, 7) is 5.60. The Hall–Kier alpha value is -4.54. The SMILES string of the molecule is CC(C)(C)NC(=O)C(=O)[C@H](C[C@@H]1CCNC1=O)NC(=O)[C@H](Cc1ccccc1)NC(=O)c1cc2cc(F)ccc2[nH]1. The van der Waals surface area contributed by atoms with E-state index in [9.17, 15) is 28.4 Å². The van der Waals surface area contributed by atoms with E-state index in [1.165, 1.54) is 24.3 Å². The van der Waals surface area contributed by atoms with E-state index in [0.717, 1.165) is 5.56 Å². The Morgan fingerprint density at radius 1 is 1.00 bits per heavy atom. The molecule has 1 fully saturated rings. The second-order valence-electron chi connectivity index (χ2n) is 11.3. The van der Waals surface area contributed by atoms with Crippen LogP contribution >= 0.6 is 0 Å². The second-order valence-corrected chi connectivity index (χ2v) is 11.3. The number of carbonyl (C=O) groups is 5. The molecule has 1 aliphatic rings. The number of carbonyl (C=O) groups excluding carboxylic acids is 5. The van der Waals surface area contributed by atoms with E-state index in [1.807, 2.05) is 6.07 Å². The van der Waals surface area contributed by atoms with Crippen molar-refractivity contribution in [3.05, 3.63) is 71.7 Å². The average Bonchev–Trinajstić information content (AvgIpc) is 3.52. The van der Waals surface area contributed by atoms with Crippen LogP contribution in [0.3, 0.4) is 0 Å². The first-order valence-corrected chi connectivity index (χ1v) is 13.5. The van der Waals surface area contributed by atoms with Crippen molar-refractivity contribution in [2.45, 2.75) is 57.7 Å². The molecule has 0 radical (unpaired) electrons. The zero-order valence-electron chi connectivity index (χ0n) is 23.2. The summed E-state index contributed by atoms with van der Waals surface area (Å²) in [5, 5.41) is 11.1. The van der Waals surface area contributed by atoms with Gasteiger partial charge in [-0.05, 0) is 63.4 Å². The van der Waals surface area contributed by atoms with Gasteiger partial charge in [0.15, 0.2) is 0 Å². The smallest absolute Gasteiger partial charge is 0.290 e. The number of amides is 4. The van der Waals surface area contributed by atoms with Crippen LogP contribution in [-0.4, -0.2) is 58.6 Å². The van der Waals surface area contributed by atoms with Gasteiger partial charge in [-0.2, -0.15) is 0 Å². The lowest BCUT2D eigenvalue weighted by molar-refractivity contribution is -0.141. The van der Waals surface area contributed by atoms with Gasteiger partial charge in [0, 0.05) is 35.3 Å². The number of H-pyrrole nitrogens is 1. The number of halogens is 1. The predicted octanol–water partition coefficient (Wildman–Crippen LogP) is 2.14. The molecular formula is C30H34FN5O5. The maximum Gasteiger partial charge on any atom is 0.290 e. The van der Waals surface area contributed by atoms with Gasteiger partial charge in [0.25, 0.3) is 11.8 Å². The lowest BCUT2D eigenvalue weighted by Gasteiger charge is -2.26. The van der Waals surface area contributed by atoms with Crippen molar-refractivity contribution >= 4 is 40.3 Å². The van der Waals surface area contributed by atoms with Crippen molar-refractivity contribution in [2.75, 3.05) is 6.54 Å². The fourth-order valence-electron chi connectivity index (χ4n) is 4.74. The quantitative estimate of drug-likeness (QED) is 0.240. The lowest BCUT2D eigenvalue weighted by Crippen LogP contribution is -2.56. The summed E-state index contributed by atoms with van der Waals surface area (Å²) in [4.78, 5) is 68.0. The van der Waals surface area contributed by atoms with E-state index in [1.54, 1.807) is 45.0 Å². The first-order valence-electron chi connectivity index (χ1n) is 13.5. The highest BCUT2D eigenvalue weighted by molar-refractivity contribution is 6.38. The molecule has 0 saturated carbocycles. The van der Waals surface area contributed by atoms with Crippen LogP contribution in [0.25, 0.3) is 10.9 Å². The summed E-state index contributed by atoms with van der Waals surface area (Å²) >= 11 is 0. The zero-order valence-corrected chi connectivity index (χ0v) is 23.2.